The van der Waals surface area contributed by atoms with E-state index in [0.717, 1.165) is 83.0 Å². The molecule has 0 saturated heterocycles. The summed E-state index contributed by atoms with van der Waals surface area (Å²) in [6.07, 6.45) is 0. The average molecular weight is 903 g/mol. The van der Waals surface area contributed by atoms with E-state index in [1.54, 1.807) is 0 Å². The van der Waals surface area contributed by atoms with Crippen molar-refractivity contribution in [3.05, 3.63) is 255 Å². The molecule has 0 saturated carbocycles. The van der Waals surface area contributed by atoms with E-state index in [1.165, 1.54) is 54.6 Å². The molecule has 0 bridgehead atoms. The number of fused-ring (bicyclic) bond motifs is 11. The van der Waals surface area contributed by atoms with Crippen LogP contribution in [-0.4, -0.2) is 9.97 Å². The first-order valence-electron chi connectivity index (χ1n) is 24.2. The highest BCUT2D eigenvalue weighted by molar-refractivity contribution is 6.27. The number of hydrogen-bond donors (Lipinski definition) is 0. The summed E-state index contributed by atoms with van der Waals surface area (Å²) in [5.74, 6) is 0.680. The van der Waals surface area contributed by atoms with Gasteiger partial charge in [-0.05, 0) is 106 Å². The molecule has 0 aliphatic rings. The van der Waals surface area contributed by atoms with Crippen LogP contribution in [-0.2, 0) is 0 Å². The van der Waals surface area contributed by atoms with Gasteiger partial charge in [0, 0.05) is 32.8 Å². The smallest absolute Gasteiger partial charge is 0.160 e. The fourth-order valence-electron chi connectivity index (χ4n) is 10.8. The lowest BCUT2D eigenvalue weighted by Crippen LogP contribution is -1.96. The van der Waals surface area contributed by atoms with E-state index in [9.17, 15) is 0 Å². The van der Waals surface area contributed by atoms with Crippen molar-refractivity contribution in [1.29, 1.82) is 0 Å². The standard InChI is InChI=1S/C68H42N2O/c1-3-14-43(15-4-1)45-26-32-48(33-27-45)63-42-64(70-68(69-63)50-36-28-46(29-37-50)44-16-5-2-6-17-44)49-34-30-47(31-35-49)52-24-13-25-65-66(52)62-41-60(57-22-11-12-23-59(57)67(62)71-65)51-38-39-58-55-20-8-7-18-53(55)54-19-9-10-21-56(54)61(58)40-51/h1-42H. The molecule has 2 heterocycles. The minimum Gasteiger partial charge on any atom is -0.455 e. The van der Waals surface area contributed by atoms with Crippen LogP contribution in [0.3, 0.4) is 0 Å². The van der Waals surface area contributed by atoms with Crippen molar-refractivity contribution >= 4 is 65.0 Å². The zero-order valence-electron chi connectivity index (χ0n) is 38.6. The molecule has 3 nitrogen and oxygen atoms in total. The van der Waals surface area contributed by atoms with E-state index in [1.807, 2.05) is 12.1 Å². The fraction of sp³-hybridized carbons (Fsp3) is 0. The summed E-state index contributed by atoms with van der Waals surface area (Å²) in [5.41, 5.74) is 15.7. The Morgan fingerprint density at radius 1 is 0.239 bits per heavy atom. The minimum atomic E-state index is 0.680. The van der Waals surface area contributed by atoms with Crippen molar-refractivity contribution in [2.75, 3.05) is 0 Å². The summed E-state index contributed by atoms with van der Waals surface area (Å²) < 4.78 is 6.85. The molecule has 14 aromatic rings. The Morgan fingerprint density at radius 3 is 1.25 bits per heavy atom. The van der Waals surface area contributed by atoms with Crippen molar-refractivity contribution in [1.82, 2.24) is 9.97 Å². The molecule has 12 aromatic carbocycles. The molecule has 71 heavy (non-hydrogen) atoms. The van der Waals surface area contributed by atoms with Crippen LogP contribution in [0.25, 0.3) is 143 Å². The zero-order valence-corrected chi connectivity index (χ0v) is 38.6. The second kappa shape index (κ2) is 16.7. The first-order valence-corrected chi connectivity index (χ1v) is 24.2. The number of nitrogens with zero attached hydrogens (tertiary/aromatic N) is 2. The number of rotatable bonds is 7. The third kappa shape index (κ3) is 6.97. The molecule has 0 unspecified atom stereocenters. The third-order valence-electron chi connectivity index (χ3n) is 14.3. The first-order chi connectivity index (χ1) is 35.2. The summed E-state index contributed by atoms with van der Waals surface area (Å²) in [7, 11) is 0. The molecule has 0 aliphatic heterocycles. The van der Waals surface area contributed by atoms with Gasteiger partial charge in [-0.2, -0.15) is 0 Å². The largest absolute Gasteiger partial charge is 0.455 e. The molecule has 3 heteroatoms. The maximum atomic E-state index is 6.85. The predicted octanol–water partition coefficient (Wildman–Crippen LogP) is 18.7. The van der Waals surface area contributed by atoms with E-state index < -0.39 is 0 Å². The maximum absolute atomic E-state index is 6.85. The van der Waals surface area contributed by atoms with Gasteiger partial charge in [-0.25, -0.2) is 9.97 Å². The Morgan fingerprint density at radius 2 is 0.676 bits per heavy atom. The summed E-state index contributed by atoms with van der Waals surface area (Å²) in [6.45, 7) is 0. The SMILES string of the molecule is c1ccc(-c2ccc(-c3cc(-c4ccc(-c5cccc6oc7c8ccccc8c(-c8ccc9c%10ccccc%10c%10ccccc%10c9c8)cc7c56)cc4)nc(-c4ccc(-c5ccccc5)cc4)n3)cc2)cc1. The summed E-state index contributed by atoms with van der Waals surface area (Å²) in [4.78, 5) is 10.4. The number of benzene rings is 12. The molecule has 14 rings (SSSR count). The lowest BCUT2D eigenvalue weighted by Gasteiger charge is -2.13. The summed E-state index contributed by atoms with van der Waals surface area (Å²) in [6, 6.07) is 91.1. The monoisotopic (exact) mass is 902 g/mol. The van der Waals surface area contributed by atoms with Gasteiger partial charge in [0.25, 0.3) is 0 Å². The lowest BCUT2D eigenvalue weighted by atomic mass is 9.89. The Labute approximate surface area is 410 Å². The van der Waals surface area contributed by atoms with E-state index in [-0.39, 0.29) is 0 Å². The van der Waals surface area contributed by atoms with Gasteiger partial charge >= 0.3 is 0 Å². The molecule has 0 spiro atoms. The fourth-order valence-corrected chi connectivity index (χ4v) is 10.8. The molecular formula is C68H42N2O. The van der Waals surface area contributed by atoms with Crippen LogP contribution in [0.5, 0.6) is 0 Å². The second-order valence-corrected chi connectivity index (χ2v) is 18.4. The van der Waals surface area contributed by atoms with E-state index >= 15 is 0 Å². The second-order valence-electron chi connectivity index (χ2n) is 18.4. The molecule has 0 radical (unpaired) electrons. The summed E-state index contributed by atoms with van der Waals surface area (Å²) in [5, 5.41) is 12.1. The van der Waals surface area contributed by atoms with Gasteiger partial charge in [0.05, 0.1) is 11.4 Å². The van der Waals surface area contributed by atoms with Gasteiger partial charge in [0.1, 0.15) is 11.2 Å². The zero-order chi connectivity index (χ0) is 46.8. The molecule has 330 valence electrons. The third-order valence-corrected chi connectivity index (χ3v) is 14.3. The Hall–Kier alpha value is -9.44. The average Bonchev–Trinajstić information content (AvgIpc) is 3.85. The van der Waals surface area contributed by atoms with Crippen LogP contribution >= 0.6 is 0 Å². The Balaban J connectivity index is 0.884. The molecule has 0 amide bonds. The number of furan rings is 1. The molecule has 2 aromatic heterocycles. The highest BCUT2D eigenvalue weighted by Crippen LogP contribution is 2.45. The highest BCUT2D eigenvalue weighted by Gasteiger charge is 2.20. The molecular weight excluding hydrogens is 861 g/mol. The van der Waals surface area contributed by atoms with Crippen LogP contribution in [0.4, 0.5) is 0 Å². The van der Waals surface area contributed by atoms with Crippen molar-refractivity contribution < 1.29 is 4.42 Å². The molecule has 0 fully saturated rings. The van der Waals surface area contributed by atoms with Gasteiger partial charge in [-0.1, -0.05) is 231 Å². The van der Waals surface area contributed by atoms with Gasteiger partial charge in [-0.3, -0.25) is 0 Å². The lowest BCUT2D eigenvalue weighted by molar-refractivity contribution is 0.673. The highest BCUT2D eigenvalue weighted by atomic mass is 16.3. The maximum Gasteiger partial charge on any atom is 0.160 e. The topological polar surface area (TPSA) is 38.9 Å². The normalized spacial score (nSPS) is 11.7. The van der Waals surface area contributed by atoms with Crippen LogP contribution in [0.1, 0.15) is 0 Å². The van der Waals surface area contributed by atoms with Crippen LogP contribution in [0.2, 0.25) is 0 Å². The van der Waals surface area contributed by atoms with Crippen molar-refractivity contribution in [3.63, 3.8) is 0 Å². The Bertz CT molecular complexity index is 4210. The van der Waals surface area contributed by atoms with Crippen molar-refractivity contribution in [3.8, 4) is 78.4 Å². The quantitative estimate of drug-likeness (QED) is 0.150. The predicted molar refractivity (Wildman–Crippen MR) is 297 cm³/mol. The Kier molecular flexibility index (Phi) is 9.53. The van der Waals surface area contributed by atoms with Gasteiger partial charge < -0.3 is 4.42 Å². The van der Waals surface area contributed by atoms with Crippen LogP contribution < -0.4 is 0 Å². The van der Waals surface area contributed by atoms with Gasteiger partial charge in [0.15, 0.2) is 5.82 Å². The van der Waals surface area contributed by atoms with E-state index in [2.05, 4.69) is 243 Å². The van der Waals surface area contributed by atoms with Gasteiger partial charge in [0.2, 0.25) is 0 Å². The van der Waals surface area contributed by atoms with E-state index in [4.69, 9.17) is 14.4 Å². The van der Waals surface area contributed by atoms with Crippen LogP contribution in [0, 0.1) is 0 Å². The molecule has 0 atom stereocenters. The minimum absolute atomic E-state index is 0.680. The number of aromatic nitrogens is 2. The van der Waals surface area contributed by atoms with Crippen molar-refractivity contribution in [2.24, 2.45) is 0 Å². The van der Waals surface area contributed by atoms with Gasteiger partial charge in [-0.15, -0.1) is 0 Å². The number of hydrogen-bond acceptors (Lipinski definition) is 3. The molecule has 0 N–H and O–H groups in total. The summed E-state index contributed by atoms with van der Waals surface area (Å²) >= 11 is 0. The first kappa shape index (κ1) is 40.6. The van der Waals surface area contributed by atoms with Crippen LogP contribution in [0.15, 0.2) is 259 Å². The van der Waals surface area contributed by atoms with Crippen molar-refractivity contribution in [2.45, 2.75) is 0 Å². The van der Waals surface area contributed by atoms with E-state index in [0.29, 0.717) is 5.82 Å². The molecule has 0 aliphatic carbocycles.